The summed E-state index contributed by atoms with van der Waals surface area (Å²) in [7, 11) is 3.12. The predicted molar refractivity (Wildman–Crippen MR) is 110 cm³/mol. The van der Waals surface area contributed by atoms with Crippen LogP contribution in [-0.4, -0.2) is 46.3 Å². The molecule has 0 radical (unpaired) electrons. The van der Waals surface area contributed by atoms with Crippen LogP contribution < -0.4 is 4.74 Å². The quantitative estimate of drug-likeness (QED) is 0.429. The number of thioether (sulfide) groups is 2. The first-order chi connectivity index (χ1) is 14.1. The van der Waals surface area contributed by atoms with Gasteiger partial charge in [-0.2, -0.15) is 8.78 Å². The van der Waals surface area contributed by atoms with E-state index in [-0.39, 0.29) is 0 Å². The van der Waals surface area contributed by atoms with Crippen molar-refractivity contribution < 1.29 is 18.3 Å². The summed E-state index contributed by atoms with van der Waals surface area (Å²) >= 11 is 1.99. The summed E-state index contributed by atoms with van der Waals surface area (Å²) in [6.07, 6.45) is 3.42. The third-order valence-corrected chi connectivity index (χ3v) is 5.79. The molecule has 0 aliphatic carbocycles. The number of halogens is 2. The first-order valence-corrected chi connectivity index (χ1v) is 10.6. The fourth-order valence-electron chi connectivity index (χ4n) is 2.64. The van der Waals surface area contributed by atoms with Gasteiger partial charge in [0.2, 0.25) is 0 Å². The fourth-order valence-corrected chi connectivity index (χ4v) is 4.14. The van der Waals surface area contributed by atoms with Crippen molar-refractivity contribution in [3.63, 3.8) is 0 Å². The van der Waals surface area contributed by atoms with E-state index in [0.29, 0.717) is 41.3 Å². The first-order valence-electron chi connectivity index (χ1n) is 8.69. The molecule has 0 spiro atoms. The monoisotopic (exact) mass is 438 g/mol. The molecule has 0 aliphatic rings. The van der Waals surface area contributed by atoms with Crippen LogP contribution >= 0.6 is 23.5 Å². The van der Waals surface area contributed by atoms with E-state index < -0.39 is 5.76 Å². The molecule has 0 amide bonds. The molecule has 0 N–H and O–H groups in total. The van der Waals surface area contributed by atoms with Gasteiger partial charge in [-0.1, -0.05) is 29.6 Å². The number of benzene rings is 1. The number of pyridine rings is 1. The molecule has 0 unspecified atom stereocenters. The zero-order chi connectivity index (χ0) is 20.6. The molecule has 0 saturated carbocycles. The van der Waals surface area contributed by atoms with Crippen LogP contribution in [-0.2, 0) is 17.0 Å². The van der Waals surface area contributed by atoms with Gasteiger partial charge in [0.1, 0.15) is 5.75 Å². The molecule has 2 aromatic heterocycles. The van der Waals surface area contributed by atoms with E-state index in [4.69, 9.17) is 9.47 Å². The SMILES string of the molecule is COCCn1c(SCc2ccc(SC(F)F)c(OC)c2)nnc1-c1ccncc1. The maximum Gasteiger partial charge on any atom is 0.289 e. The molecule has 29 heavy (non-hydrogen) atoms. The van der Waals surface area contributed by atoms with Gasteiger partial charge in [0.15, 0.2) is 11.0 Å². The molecule has 0 bridgehead atoms. The molecule has 3 rings (SSSR count). The summed E-state index contributed by atoms with van der Waals surface area (Å²) in [6, 6.07) is 9.01. The van der Waals surface area contributed by atoms with Gasteiger partial charge in [-0.3, -0.25) is 9.55 Å². The molecule has 0 aliphatic heterocycles. The summed E-state index contributed by atoms with van der Waals surface area (Å²) < 4.78 is 37.8. The van der Waals surface area contributed by atoms with E-state index in [9.17, 15) is 8.78 Å². The maximum atomic E-state index is 12.7. The molecular weight excluding hydrogens is 418 g/mol. The van der Waals surface area contributed by atoms with Gasteiger partial charge >= 0.3 is 0 Å². The minimum Gasteiger partial charge on any atom is -0.496 e. The molecule has 2 heterocycles. The largest absolute Gasteiger partial charge is 0.496 e. The van der Waals surface area contributed by atoms with Crippen molar-refractivity contribution >= 4 is 23.5 Å². The molecule has 1 aromatic carbocycles. The average Bonchev–Trinajstić information content (AvgIpc) is 3.14. The Morgan fingerprint density at radius 1 is 1.10 bits per heavy atom. The molecule has 0 saturated heterocycles. The Balaban J connectivity index is 1.79. The minimum absolute atomic E-state index is 0.416. The number of ether oxygens (including phenoxy) is 2. The van der Waals surface area contributed by atoms with Gasteiger partial charge in [0, 0.05) is 30.8 Å². The summed E-state index contributed by atoms with van der Waals surface area (Å²) in [5, 5.41) is 9.40. The lowest BCUT2D eigenvalue weighted by molar-refractivity contribution is 0.185. The highest BCUT2D eigenvalue weighted by Crippen LogP contribution is 2.35. The number of hydrogen-bond donors (Lipinski definition) is 0. The van der Waals surface area contributed by atoms with Crippen LogP contribution in [0.2, 0.25) is 0 Å². The Hall–Kier alpha value is -2.17. The maximum absolute atomic E-state index is 12.7. The summed E-state index contributed by atoms with van der Waals surface area (Å²) in [4.78, 5) is 4.46. The standard InChI is InChI=1S/C19H20F2N4O2S2/c1-26-10-9-25-17(14-5-7-22-8-6-14)23-24-19(25)28-12-13-3-4-16(29-18(20)21)15(11-13)27-2/h3-8,11,18H,9-10,12H2,1-2H3. The Morgan fingerprint density at radius 2 is 1.90 bits per heavy atom. The number of methoxy groups -OCH3 is 2. The Labute approximate surface area is 176 Å². The second-order valence-corrected chi connectivity index (χ2v) is 7.81. The molecule has 6 nitrogen and oxygen atoms in total. The number of aromatic nitrogens is 4. The molecule has 0 fully saturated rings. The zero-order valence-electron chi connectivity index (χ0n) is 15.9. The third kappa shape index (κ3) is 5.68. The van der Waals surface area contributed by atoms with Gasteiger partial charge in [-0.15, -0.1) is 10.2 Å². The molecule has 154 valence electrons. The molecular formula is C19H20F2N4O2S2. The van der Waals surface area contributed by atoms with Crippen LogP contribution in [0.5, 0.6) is 5.75 Å². The molecule has 10 heteroatoms. The predicted octanol–water partition coefficient (Wildman–Crippen LogP) is 4.60. The van der Waals surface area contributed by atoms with Gasteiger partial charge in [-0.25, -0.2) is 0 Å². The Kier molecular flexibility index (Phi) is 7.84. The van der Waals surface area contributed by atoms with Crippen molar-refractivity contribution in [3.05, 3.63) is 48.3 Å². The topological polar surface area (TPSA) is 62.1 Å². The Bertz CT molecular complexity index is 926. The average molecular weight is 439 g/mol. The number of nitrogens with zero attached hydrogens (tertiary/aromatic N) is 4. The summed E-state index contributed by atoms with van der Waals surface area (Å²) in [5.41, 5.74) is 1.86. The zero-order valence-corrected chi connectivity index (χ0v) is 17.6. The molecule has 0 atom stereocenters. The third-order valence-electron chi connectivity index (χ3n) is 3.99. The van der Waals surface area contributed by atoms with Gasteiger partial charge in [0.05, 0.1) is 25.2 Å². The first kappa shape index (κ1) is 21.5. The molecule has 3 aromatic rings. The van der Waals surface area contributed by atoms with E-state index in [1.165, 1.54) is 18.9 Å². The highest BCUT2D eigenvalue weighted by Gasteiger charge is 2.16. The second-order valence-electron chi connectivity index (χ2n) is 5.84. The smallest absolute Gasteiger partial charge is 0.289 e. The highest BCUT2D eigenvalue weighted by atomic mass is 32.2. The summed E-state index contributed by atoms with van der Waals surface area (Å²) in [6.45, 7) is 1.13. The van der Waals surface area contributed by atoms with E-state index >= 15 is 0 Å². The lowest BCUT2D eigenvalue weighted by Crippen LogP contribution is -2.07. The van der Waals surface area contributed by atoms with E-state index in [0.717, 1.165) is 22.1 Å². The van der Waals surface area contributed by atoms with E-state index in [2.05, 4.69) is 15.2 Å². The van der Waals surface area contributed by atoms with Crippen LogP contribution in [0.25, 0.3) is 11.4 Å². The van der Waals surface area contributed by atoms with Crippen molar-refractivity contribution in [1.29, 1.82) is 0 Å². The van der Waals surface area contributed by atoms with E-state index in [1.54, 1.807) is 31.6 Å². The van der Waals surface area contributed by atoms with Crippen LogP contribution in [0.3, 0.4) is 0 Å². The number of hydrogen-bond acceptors (Lipinski definition) is 7. The van der Waals surface area contributed by atoms with Gasteiger partial charge in [-0.05, 0) is 29.8 Å². The van der Waals surface area contributed by atoms with Crippen molar-refractivity contribution in [2.75, 3.05) is 20.8 Å². The van der Waals surface area contributed by atoms with Crippen LogP contribution in [0.4, 0.5) is 8.78 Å². The minimum atomic E-state index is -2.49. The lowest BCUT2D eigenvalue weighted by Gasteiger charge is -2.11. The lowest BCUT2D eigenvalue weighted by atomic mass is 10.2. The van der Waals surface area contributed by atoms with Crippen molar-refractivity contribution in [2.24, 2.45) is 0 Å². The fraction of sp³-hybridized carbons (Fsp3) is 0.316. The van der Waals surface area contributed by atoms with Crippen LogP contribution in [0.15, 0.2) is 52.8 Å². The van der Waals surface area contributed by atoms with Crippen molar-refractivity contribution in [1.82, 2.24) is 19.7 Å². The van der Waals surface area contributed by atoms with Crippen LogP contribution in [0.1, 0.15) is 5.56 Å². The number of alkyl halides is 2. The number of rotatable bonds is 10. The highest BCUT2D eigenvalue weighted by molar-refractivity contribution is 7.99. The van der Waals surface area contributed by atoms with Crippen LogP contribution in [0, 0.1) is 0 Å². The van der Waals surface area contributed by atoms with E-state index in [1.807, 2.05) is 22.8 Å². The second kappa shape index (κ2) is 10.6. The van der Waals surface area contributed by atoms with Gasteiger partial charge in [0.25, 0.3) is 5.76 Å². The van der Waals surface area contributed by atoms with Gasteiger partial charge < -0.3 is 9.47 Å². The van der Waals surface area contributed by atoms with Crippen molar-refractivity contribution in [2.45, 2.75) is 28.1 Å². The summed E-state index contributed by atoms with van der Waals surface area (Å²) in [5.74, 6) is -0.715. The Morgan fingerprint density at radius 3 is 2.59 bits per heavy atom. The normalized spacial score (nSPS) is 11.2. The van der Waals surface area contributed by atoms with Crippen molar-refractivity contribution in [3.8, 4) is 17.1 Å².